The fourth-order valence-electron chi connectivity index (χ4n) is 4.98. The molecular formula is C28H45NO3S. The molecule has 33 heavy (non-hydrogen) atoms. The summed E-state index contributed by atoms with van der Waals surface area (Å²) in [5.74, 6) is 10.4. The van der Waals surface area contributed by atoms with E-state index in [2.05, 4.69) is 76.0 Å². The monoisotopic (exact) mass is 475 g/mol. The lowest BCUT2D eigenvalue weighted by atomic mass is 9.74. The van der Waals surface area contributed by atoms with Gasteiger partial charge in [0.1, 0.15) is 6.61 Å². The Labute approximate surface area is 204 Å². The molecule has 0 saturated carbocycles. The lowest BCUT2D eigenvalue weighted by molar-refractivity contribution is 0.0648. The van der Waals surface area contributed by atoms with Crippen molar-refractivity contribution >= 4 is 10.3 Å². The highest BCUT2D eigenvalue weighted by Crippen LogP contribution is 2.53. The van der Waals surface area contributed by atoms with Crippen LogP contribution in [0.1, 0.15) is 64.6 Å². The van der Waals surface area contributed by atoms with Crippen molar-refractivity contribution in [2.24, 2.45) is 17.8 Å². The molecule has 3 atom stereocenters. The standard InChI is InChI=1S/C28H45NO3S/c1-20(2)15-23-19-29-13-12-22-17-26(30-6)27(31-7)18-24(22)25(29)16-21(23)11-10-14-32-33(8,9)28(3,4)5/h17-18,20-21,23,25H,12-16,19H2,1-9H3/t21-,23?,25?/m0/s1. The third-order valence-corrected chi connectivity index (χ3v) is 11.2. The number of hydrogen-bond acceptors (Lipinski definition) is 4. The molecule has 3 rings (SSSR count). The first-order valence-electron chi connectivity index (χ1n) is 12.3. The number of benzene rings is 1. The fraction of sp³-hybridized carbons (Fsp3) is 0.714. The van der Waals surface area contributed by atoms with Crippen LogP contribution < -0.4 is 9.47 Å². The number of ether oxygens (including phenoxy) is 2. The van der Waals surface area contributed by atoms with E-state index in [1.165, 1.54) is 17.5 Å². The predicted octanol–water partition coefficient (Wildman–Crippen LogP) is 6.08. The lowest BCUT2D eigenvalue weighted by Gasteiger charge is -2.46. The summed E-state index contributed by atoms with van der Waals surface area (Å²) in [7, 11) is 2.29. The molecule has 4 nitrogen and oxygen atoms in total. The first-order chi connectivity index (χ1) is 15.5. The zero-order valence-corrected chi connectivity index (χ0v) is 23.1. The maximum absolute atomic E-state index is 6.29. The van der Waals surface area contributed by atoms with E-state index in [0.29, 0.717) is 30.4 Å². The largest absolute Gasteiger partial charge is 0.493 e. The van der Waals surface area contributed by atoms with Crippen LogP contribution in [0.5, 0.6) is 11.5 Å². The molecule has 0 amide bonds. The van der Waals surface area contributed by atoms with Gasteiger partial charge in [0.05, 0.1) is 14.2 Å². The molecule has 0 aromatic heterocycles. The Morgan fingerprint density at radius 2 is 1.79 bits per heavy atom. The molecule has 2 aliphatic heterocycles. The van der Waals surface area contributed by atoms with E-state index in [1.54, 1.807) is 14.2 Å². The second kappa shape index (κ2) is 10.5. The molecule has 1 aromatic rings. The predicted molar refractivity (Wildman–Crippen MR) is 142 cm³/mol. The van der Waals surface area contributed by atoms with Crippen molar-refractivity contribution in [2.45, 2.75) is 64.7 Å². The third-order valence-electron chi connectivity index (χ3n) is 7.59. The second-order valence-electron chi connectivity index (χ2n) is 11.3. The van der Waals surface area contributed by atoms with Crippen LogP contribution in [0.3, 0.4) is 0 Å². The van der Waals surface area contributed by atoms with Crippen molar-refractivity contribution < 1.29 is 13.7 Å². The molecule has 0 spiro atoms. The highest BCUT2D eigenvalue weighted by molar-refractivity contribution is 8.29. The van der Waals surface area contributed by atoms with Crippen molar-refractivity contribution in [3.8, 4) is 23.3 Å². The quantitative estimate of drug-likeness (QED) is 0.466. The molecule has 1 aromatic carbocycles. The molecule has 0 aliphatic carbocycles. The number of hydrogen-bond donors (Lipinski definition) is 0. The van der Waals surface area contributed by atoms with Gasteiger partial charge in [-0.15, -0.1) is 10.3 Å². The lowest BCUT2D eigenvalue weighted by Crippen LogP contribution is -2.46. The molecule has 0 bridgehead atoms. The Bertz CT molecular complexity index is 878. The Morgan fingerprint density at radius 3 is 2.39 bits per heavy atom. The molecule has 1 fully saturated rings. The molecular weight excluding hydrogens is 430 g/mol. The Hall–Kier alpha value is -1.35. The van der Waals surface area contributed by atoms with Gasteiger partial charge in [-0.3, -0.25) is 4.90 Å². The van der Waals surface area contributed by atoms with Crippen molar-refractivity contribution in [1.29, 1.82) is 0 Å². The Kier molecular flexibility index (Phi) is 8.36. The third kappa shape index (κ3) is 6.02. The highest BCUT2D eigenvalue weighted by Gasteiger charge is 2.39. The van der Waals surface area contributed by atoms with Crippen molar-refractivity contribution in [2.75, 3.05) is 46.4 Å². The summed E-state index contributed by atoms with van der Waals surface area (Å²) in [5.41, 5.74) is 2.78. The van der Waals surface area contributed by atoms with E-state index in [9.17, 15) is 0 Å². The number of nitrogens with zero attached hydrogens (tertiary/aromatic N) is 1. The maximum Gasteiger partial charge on any atom is 0.161 e. The minimum absolute atomic E-state index is 0.159. The van der Waals surface area contributed by atoms with Gasteiger partial charge in [-0.05, 0) is 66.9 Å². The average molecular weight is 476 g/mol. The SMILES string of the molecule is COc1cc2c(cc1OC)C1C[C@H](C#CCOS(C)(C)C(C)(C)C)C(CC(C)C)CN1CC2. The number of methoxy groups -OCH3 is 2. The van der Waals surface area contributed by atoms with Gasteiger partial charge in [-0.1, -0.05) is 46.5 Å². The minimum atomic E-state index is -1.14. The Balaban J connectivity index is 1.82. The van der Waals surface area contributed by atoms with Crippen molar-refractivity contribution in [3.63, 3.8) is 0 Å². The van der Waals surface area contributed by atoms with Crippen LogP contribution >= 0.6 is 10.3 Å². The van der Waals surface area contributed by atoms with Gasteiger partial charge < -0.3 is 13.7 Å². The van der Waals surface area contributed by atoms with Gasteiger partial charge in [0, 0.05) is 29.8 Å². The van der Waals surface area contributed by atoms with Gasteiger partial charge in [-0.2, -0.15) is 0 Å². The van der Waals surface area contributed by atoms with Gasteiger partial charge in [0.25, 0.3) is 0 Å². The van der Waals surface area contributed by atoms with Crippen LogP contribution in [-0.2, 0) is 10.6 Å². The second-order valence-corrected chi connectivity index (χ2v) is 15.3. The number of piperidine rings is 1. The minimum Gasteiger partial charge on any atom is -0.493 e. The molecule has 0 radical (unpaired) electrons. The number of fused-ring (bicyclic) bond motifs is 3. The van der Waals surface area contributed by atoms with Gasteiger partial charge >= 0.3 is 0 Å². The topological polar surface area (TPSA) is 30.9 Å². The summed E-state index contributed by atoms with van der Waals surface area (Å²) < 4.78 is 17.6. The molecule has 2 aliphatic rings. The zero-order valence-electron chi connectivity index (χ0n) is 22.3. The zero-order chi connectivity index (χ0) is 24.4. The van der Waals surface area contributed by atoms with Crippen LogP contribution in [0.15, 0.2) is 12.1 Å². The van der Waals surface area contributed by atoms with E-state index >= 15 is 0 Å². The Morgan fingerprint density at radius 1 is 1.12 bits per heavy atom. The summed E-state index contributed by atoms with van der Waals surface area (Å²) in [6, 6.07) is 4.78. The maximum atomic E-state index is 6.29. The molecule has 2 heterocycles. The summed E-state index contributed by atoms with van der Waals surface area (Å²) >= 11 is 0. The average Bonchev–Trinajstić information content (AvgIpc) is 2.74. The first-order valence-corrected chi connectivity index (χ1v) is 14.7. The smallest absolute Gasteiger partial charge is 0.161 e. The summed E-state index contributed by atoms with van der Waals surface area (Å²) in [6.45, 7) is 14.2. The van der Waals surface area contributed by atoms with E-state index in [0.717, 1.165) is 37.4 Å². The van der Waals surface area contributed by atoms with E-state index < -0.39 is 10.3 Å². The molecule has 5 heteroatoms. The molecule has 2 unspecified atom stereocenters. The van der Waals surface area contributed by atoms with Crippen LogP contribution in [0.4, 0.5) is 0 Å². The van der Waals surface area contributed by atoms with Gasteiger partial charge in [-0.25, -0.2) is 0 Å². The molecule has 0 N–H and O–H groups in total. The van der Waals surface area contributed by atoms with Crippen LogP contribution in [0.2, 0.25) is 0 Å². The van der Waals surface area contributed by atoms with Gasteiger partial charge in [0.15, 0.2) is 11.5 Å². The normalized spacial score (nSPS) is 23.9. The number of rotatable bonds is 6. The highest BCUT2D eigenvalue weighted by atomic mass is 32.3. The van der Waals surface area contributed by atoms with Crippen LogP contribution in [-0.4, -0.2) is 56.1 Å². The summed E-state index contributed by atoms with van der Waals surface area (Å²) in [4.78, 5) is 2.68. The first kappa shape index (κ1) is 26.3. The summed E-state index contributed by atoms with van der Waals surface area (Å²) in [5, 5.41) is 0. The van der Waals surface area contributed by atoms with Gasteiger partial charge in [0.2, 0.25) is 0 Å². The fourth-order valence-corrected chi connectivity index (χ4v) is 5.69. The molecule has 1 saturated heterocycles. The van der Waals surface area contributed by atoms with E-state index in [4.69, 9.17) is 13.7 Å². The van der Waals surface area contributed by atoms with Crippen molar-refractivity contribution in [3.05, 3.63) is 23.3 Å². The summed E-state index contributed by atoms with van der Waals surface area (Å²) in [6.07, 6.45) is 7.85. The van der Waals surface area contributed by atoms with Crippen LogP contribution in [0.25, 0.3) is 0 Å². The van der Waals surface area contributed by atoms with Crippen LogP contribution in [0, 0.1) is 29.6 Å². The van der Waals surface area contributed by atoms with E-state index in [1.807, 2.05) is 0 Å². The molecule has 186 valence electrons. The van der Waals surface area contributed by atoms with Crippen molar-refractivity contribution in [1.82, 2.24) is 4.90 Å². The van der Waals surface area contributed by atoms with E-state index in [-0.39, 0.29) is 4.75 Å².